The number of nitrogens with two attached hydrogens (primary N) is 1. The van der Waals surface area contributed by atoms with Crippen molar-refractivity contribution in [3.63, 3.8) is 0 Å². The summed E-state index contributed by atoms with van der Waals surface area (Å²) in [4.78, 5) is 82.9. The standard InChI is InChI=1S/C19H16F5N7.C18H19ClF4N6.C18H20F6N6S.C17H15F7N6.C13H12ClF6N7/c20-9-5-10(21)7-12(6-9)27-18-30-16(15-13(22)1-2-14(25)28-15)29-17(31-18)26-11-3-4-19(23,24)8-11;19-13-7-1-4-10(24-13)14-27-15(25-11-5-2-8-17(11,20)21)29-16(28-14)26-12-6-3-9-18(12,22)23;1-16(19,20)13-27-11(8-31-13)12-28-14(25-9-2-4-17(21,22)6-9)30-15(29-12)26-10-3-5-18(23,24)7-10;18-15(19)4-8(5-15)25-13-28-12(10-2-1-3-11(27-10)17(22,23)24)29-14(30-13)26-9-6-16(20,21)7-9;1-5(12(15,16)17)22-10-25-9(7-3-21-4-8(14)24-7)26-11(27-10)23-6(2)13(18,19)20/h1-2,5-7,11H,3-4,8H2,(H2,25,28)(H2,26,27,29,30,31);1,4,7,11-12H,2-3,5-6,8-9H2,(H2,25,26,27,28,29);8-10H,2-7H2,1H3,(H2,25,26,28,29,30);1-3,8-9H,4-7H2,(H2,25,26,28,29,30);3-6H,1-2H3,(H2,22,23,25,26,27). The van der Waals surface area contributed by atoms with E-state index in [1.54, 1.807) is 18.2 Å². The minimum absolute atomic E-state index is 0.00321. The number of anilines is 12. The molecule has 32 nitrogen and oxygen atoms in total. The Labute approximate surface area is 832 Å². The zero-order chi connectivity index (χ0) is 107. The van der Waals surface area contributed by atoms with Gasteiger partial charge >= 0.3 is 18.5 Å². The molecule has 0 radical (unpaired) electrons. The molecule has 7 saturated carbocycles. The number of nitrogens with one attached hydrogen (secondary N) is 10. The molecule has 0 bridgehead atoms. The van der Waals surface area contributed by atoms with Crippen molar-refractivity contribution in [1.82, 2.24) is 105 Å². The lowest BCUT2D eigenvalue weighted by atomic mass is 9.88. The average molecular weight is 2190 g/mol. The quantitative estimate of drug-likeness (QED) is 0.0177. The Balaban J connectivity index is 0.000000146. The van der Waals surface area contributed by atoms with E-state index in [4.69, 9.17) is 28.9 Å². The lowest BCUT2D eigenvalue weighted by Gasteiger charge is -2.36. The molecule has 0 spiro atoms. The normalized spacial score (nSPS) is 20.7. The van der Waals surface area contributed by atoms with Crippen molar-refractivity contribution in [2.45, 2.75) is 263 Å². The summed E-state index contributed by atoms with van der Waals surface area (Å²) in [6.07, 6.45) is -14.1. The first-order valence-electron chi connectivity index (χ1n) is 44.7. The second-order valence-electron chi connectivity index (χ2n) is 35.3. The topological polar surface area (TPSA) is 417 Å². The molecular formula is C85H82Cl2F28N32S. The van der Waals surface area contributed by atoms with E-state index in [0.717, 1.165) is 61.7 Å². The van der Waals surface area contributed by atoms with Gasteiger partial charge in [-0.05, 0) is 107 Å². The maximum absolute atomic E-state index is 14.3. The largest absolute Gasteiger partial charge is 0.433 e. The van der Waals surface area contributed by atoms with Gasteiger partial charge in [0.05, 0.1) is 24.5 Å². The molecule has 11 aromatic rings. The van der Waals surface area contributed by atoms with E-state index in [1.165, 1.54) is 23.7 Å². The first-order chi connectivity index (χ1) is 69.0. The van der Waals surface area contributed by atoms with E-state index < -0.39 is 205 Å². The van der Waals surface area contributed by atoms with Gasteiger partial charge in [0.25, 0.3) is 29.6 Å². The Morgan fingerprint density at radius 1 is 0.372 bits per heavy atom. The SMILES string of the molecule is CC(F)(F)c1nc(-c2nc(NC3CCC(F)(F)C3)nc(NC3CCC(F)(F)C3)n2)cs1.CC(Nc1nc(NC(C)C(F)(F)F)nc(-c2cncc(Cl)n2)n1)C(F)(F)F.FC1(F)CC(Nc2nc(NC3CC(F)(F)C3)nc(-c3cccc(C(F)(F)F)n3)n2)C1.FC1(F)CCCC1Nc1nc(NC2CCCC2(F)F)nc(-c2cccc(Cl)n2)n1.Nc1ccc(F)c(-c2nc(Nc3cc(F)cc(F)c3)nc(NC3CCC(F)(F)C3)n2)n1. The highest BCUT2D eigenvalue weighted by atomic mass is 35.5. The maximum atomic E-state index is 14.3. The number of pyridine rings is 3. The van der Waals surface area contributed by atoms with Crippen molar-refractivity contribution in [2.24, 2.45) is 0 Å². The van der Waals surface area contributed by atoms with Crippen LogP contribution in [0.1, 0.15) is 153 Å². The lowest BCUT2D eigenvalue weighted by Crippen LogP contribution is -2.45. The molecule has 12 N–H and O–H groups in total. The lowest BCUT2D eigenvalue weighted by molar-refractivity contribution is -0.141. The summed E-state index contributed by atoms with van der Waals surface area (Å²) in [6, 6.07) is 3.45. The van der Waals surface area contributed by atoms with Crippen molar-refractivity contribution < 1.29 is 123 Å². The molecule has 10 heterocycles. The molecule has 0 amide bonds. The summed E-state index contributed by atoms with van der Waals surface area (Å²) in [7, 11) is 0. The molecule has 148 heavy (non-hydrogen) atoms. The first kappa shape index (κ1) is 111. The molecule has 7 atom stereocenters. The Morgan fingerprint density at radius 2 is 0.750 bits per heavy atom. The fraction of sp³-hybridized carbons (Fsp3) is 0.494. The Kier molecular flexibility index (Phi) is 32.8. The second kappa shape index (κ2) is 43.9. The second-order valence-corrected chi connectivity index (χ2v) is 37.0. The van der Waals surface area contributed by atoms with E-state index in [2.05, 4.69) is 147 Å². The van der Waals surface area contributed by atoms with Gasteiger partial charge in [-0.2, -0.15) is 123 Å². The number of hydrogen-bond acceptors (Lipinski definition) is 33. The minimum atomic E-state index is -4.69. The fourth-order valence-corrected chi connectivity index (χ4v) is 16.5. The van der Waals surface area contributed by atoms with Gasteiger partial charge in [-0.3, -0.25) is 4.98 Å². The monoisotopic (exact) mass is 2180 g/mol. The highest BCUT2D eigenvalue weighted by molar-refractivity contribution is 7.10. The predicted octanol–water partition coefficient (Wildman–Crippen LogP) is 22.4. The Hall–Kier alpha value is -13.2. The summed E-state index contributed by atoms with van der Waals surface area (Å²) in [5.41, 5.74) is 4.19. The number of hydrogen-bond donors (Lipinski definition) is 11. The van der Waals surface area contributed by atoms with Gasteiger partial charge in [-0.25, -0.2) is 99.6 Å². The van der Waals surface area contributed by atoms with Crippen LogP contribution in [0.2, 0.25) is 10.3 Å². The van der Waals surface area contributed by atoms with Gasteiger partial charge in [-0.1, -0.05) is 35.3 Å². The molecule has 7 unspecified atom stereocenters. The molecule has 10 aromatic heterocycles. The van der Waals surface area contributed by atoms with E-state index in [1.807, 2.05) is 10.6 Å². The van der Waals surface area contributed by atoms with Crippen LogP contribution in [0.25, 0.3) is 57.6 Å². The number of thiazole rings is 1. The van der Waals surface area contributed by atoms with Crippen molar-refractivity contribution in [1.29, 1.82) is 0 Å². The van der Waals surface area contributed by atoms with Crippen LogP contribution >= 0.6 is 34.5 Å². The maximum Gasteiger partial charge on any atom is 0.433 e. The van der Waals surface area contributed by atoms with Crippen molar-refractivity contribution in [3.8, 4) is 57.6 Å². The van der Waals surface area contributed by atoms with Crippen molar-refractivity contribution >= 4 is 106 Å². The molecule has 7 fully saturated rings. The summed E-state index contributed by atoms with van der Waals surface area (Å²) >= 11 is 12.3. The zero-order valence-electron chi connectivity index (χ0n) is 76.4. The summed E-state index contributed by atoms with van der Waals surface area (Å²) in [5.74, 6) is -28.4. The highest BCUT2D eigenvalue weighted by Crippen LogP contribution is 2.46. The Bertz CT molecular complexity index is 6260. The van der Waals surface area contributed by atoms with Crippen LogP contribution in [0, 0.1) is 17.5 Å². The predicted molar refractivity (Wildman–Crippen MR) is 482 cm³/mol. The third-order valence-corrected chi connectivity index (χ3v) is 24.3. The van der Waals surface area contributed by atoms with Gasteiger partial charge in [-0.15, -0.1) is 11.3 Å². The van der Waals surface area contributed by atoms with Gasteiger partial charge in [0.1, 0.15) is 74.0 Å². The van der Waals surface area contributed by atoms with Gasteiger partial charge < -0.3 is 58.9 Å². The van der Waals surface area contributed by atoms with E-state index >= 15 is 0 Å². The fourth-order valence-electron chi connectivity index (χ4n) is 15.5. The zero-order valence-corrected chi connectivity index (χ0v) is 78.8. The molecular weight excluding hydrogens is 2100 g/mol. The smallest absolute Gasteiger partial charge is 0.384 e. The number of halogens is 30. The molecule has 63 heteroatoms. The summed E-state index contributed by atoms with van der Waals surface area (Å²) in [6.45, 7) is 2.31. The van der Waals surface area contributed by atoms with Crippen LogP contribution in [0.3, 0.4) is 0 Å². The van der Waals surface area contributed by atoms with Crippen LogP contribution in [-0.2, 0) is 12.1 Å². The molecule has 1 aromatic carbocycles. The average Bonchev–Trinajstić information content (AvgIpc) is 1.35. The first-order valence-corrected chi connectivity index (χ1v) is 46.3. The summed E-state index contributed by atoms with van der Waals surface area (Å²) < 4.78 is 373. The number of rotatable bonds is 26. The Morgan fingerprint density at radius 3 is 1.14 bits per heavy atom. The number of nitrogen functional groups attached to an aromatic ring is 1. The van der Waals surface area contributed by atoms with Crippen LogP contribution in [0.15, 0.2) is 84.5 Å². The molecule has 7 aliphatic carbocycles. The number of aromatic nitrogens is 21. The molecule has 0 saturated heterocycles. The number of nitrogens with zero attached hydrogens (tertiary/aromatic N) is 21. The third-order valence-electron chi connectivity index (χ3n) is 22.9. The summed E-state index contributed by atoms with van der Waals surface area (Å²) in [5, 5.41) is 26.6. The molecule has 7 aliphatic rings. The van der Waals surface area contributed by atoms with Gasteiger partial charge in [0.2, 0.25) is 77.3 Å². The van der Waals surface area contributed by atoms with Crippen LogP contribution in [-0.4, -0.2) is 213 Å². The van der Waals surface area contributed by atoms with E-state index in [9.17, 15) is 123 Å². The van der Waals surface area contributed by atoms with E-state index in [-0.39, 0.29) is 191 Å². The molecule has 18 rings (SSSR count). The van der Waals surface area contributed by atoms with Crippen LogP contribution in [0.5, 0.6) is 0 Å². The number of benzene rings is 1. The molecule has 0 aliphatic heterocycles. The van der Waals surface area contributed by atoms with Crippen molar-refractivity contribution in [2.75, 3.05) is 58.9 Å². The minimum Gasteiger partial charge on any atom is -0.384 e. The van der Waals surface area contributed by atoms with Gasteiger partial charge in [0.15, 0.2) is 39.9 Å². The third kappa shape index (κ3) is 30.8. The van der Waals surface area contributed by atoms with Crippen LogP contribution in [0.4, 0.5) is 194 Å². The molecule has 798 valence electrons. The van der Waals surface area contributed by atoms with Crippen LogP contribution < -0.4 is 58.9 Å². The number of alkyl halides is 25. The van der Waals surface area contributed by atoms with Crippen molar-refractivity contribution in [3.05, 3.63) is 123 Å². The highest BCUT2D eigenvalue weighted by Gasteiger charge is 2.51. The van der Waals surface area contributed by atoms with Gasteiger partial charge in [0, 0.05) is 131 Å². The van der Waals surface area contributed by atoms with E-state index in [0.29, 0.717) is 25.8 Å².